The Hall–Kier alpha value is -6.26. The van der Waals surface area contributed by atoms with Crippen LogP contribution in [0.3, 0.4) is 0 Å². The summed E-state index contributed by atoms with van der Waals surface area (Å²) in [6.45, 7) is 6.37. The second-order valence-electron chi connectivity index (χ2n) is 13.3. The Labute approximate surface area is 336 Å². The molecule has 0 aliphatic heterocycles. The van der Waals surface area contributed by atoms with Crippen LogP contribution in [-0.4, -0.2) is 15.0 Å². The molecule has 0 aliphatic carbocycles. The number of benzene rings is 5. The van der Waals surface area contributed by atoms with Gasteiger partial charge in [0.25, 0.3) is 0 Å². The standard InChI is InChI=1S/C33H25N2O.C17H12N.Ir/c1-21-7-6-8-24(17-21)27-11-10-25(31-18-22(2)14-16-35-31)19-29(27)26-12-13-32-28(23(26)3)20-33(36-32)30-9-4-5-15-34-30;1-2-8-14(9-3-1)15-10-4-5-11-16(15)17-12-6-7-13-18-17;/h4-9,11-20H,1-3H3;1-10,12-13H;/q2*-1;. The molecule has 0 N–H and O–H groups in total. The first-order chi connectivity index (χ1) is 26.5. The van der Waals surface area contributed by atoms with Crippen LogP contribution in [0.15, 0.2) is 175 Å². The van der Waals surface area contributed by atoms with Gasteiger partial charge in [0, 0.05) is 44.1 Å². The minimum atomic E-state index is 0. The Morgan fingerprint density at radius 3 is 1.96 bits per heavy atom. The van der Waals surface area contributed by atoms with E-state index in [2.05, 4.69) is 127 Å². The van der Waals surface area contributed by atoms with Crippen molar-refractivity contribution in [3.05, 3.63) is 199 Å². The van der Waals surface area contributed by atoms with Gasteiger partial charge < -0.3 is 14.4 Å². The van der Waals surface area contributed by atoms with Gasteiger partial charge in [0.15, 0.2) is 5.76 Å². The van der Waals surface area contributed by atoms with Gasteiger partial charge in [0.05, 0.1) is 0 Å². The van der Waals surface area contributed by atoms with Crippen LogP contribution in [0.5, 0.6) is 0 Å². The largest absolute Gasteiger partial charge is 0.454 e. The van der Waals surface area contributed by atoms with Gasteiger partial charge in [-0.05, 0) is 79.7 Å². The van der Waals surface area contributed by atoms with Gasteiger partial charge in [-0.15, -0.1) is 53.6 Å². The van der Waals surface area contributed by atoms with E-state index in [1.54, 1.807) is 6.20 Å². The Morgan fingerprint density at radius 1 is 0.491 bits per heavy atom. The third kappa shape index (κ3) is 8.14. The molecule has 0 unspecified atom stereocenters. The number of aryl methyl sites for hydroxylation is 3. The van der Waals surface area contributed by atoms with Crippen molar-refractivity contribution in [2.45, 2.75) is 20.8 Å². The molecule has 0 bridgehead atoms. The van der Waals surface area contributed by atoms with E-state index in [-0.39, 0.29) is 20.1 Å². The van der Waals surface area contributed by atoms with Crippen molar-refractivity contribution in [1.29, 1.82) is 0 Å². The zero-order valence-electron chi connectivity index (χ0n) is 30.7. The van der Waals surface area contributed by atoms with E-state index < -0.39 is 0 Å². The first-order valence-electron chi connectivity index (χ1n) is 18.0. The molecule has 0 saturated heterocycles. The van der Waals surface area contributed by atoms with Crippen LogP contribution < -0.4 is 0 Å². The van der Waals surface area contributed by atoms with E-state index in [1.165, 1.54) is 27.8 Å². The summed E-state index contributed by atoms with van der Waals surface area (Å²) in [6.07, 6.45) is 5.45. The van der Waals surface area contributed by atoms with Crippen molar-refractivity contribution in [3.63, 3.8) is 0 Å². The average Bonchev–Trinajstić information content (AvgIpc) is 3.68. The van der Waals surface area contributed by atoms with E-state index in [0.29, 0.717) is 0 Å². The summed E-state index contributed by atoms with van der Waals surface area (Å²) < 4.78 is 6.18. The van der Waals surface area contributed by atoms with Gasteiger partial charge >= 0.3 is 0 Å². The molecule has 0 aliphatic rings. The molecular formula is C50H37IrN3O-2. The van der Waals surface area contributed by atoms with Crippen molar-refractivity contribution in [2.75, 3.05) is 0 Å². The van der Waals surface area contributed by atoms with Crippen LogP contribution in [0.4, 0.5) is 0 Å². The molecule has 5 aromatic carbocycles. The number of hydrogen-bond donors (Lipinski definition) is 0. The molecule has 0 amide bonds. The summed E-state index contributed by atoms with van der Waals surface area (Å²) in [6, 6.07) is 58.3. The number of furan rings is 1. The molecule has 0 fully saturated rings. The monoisotopic (exact) mass is 888 g/mol. The van der Waals surface area contributed by atoms with E-state index in [1.807, 2.05) is 85.2 Å². The molecule has 269 valence electrons. The fourth-order valence-electron chi connectivity index (χ4n) is 6.79. The molecular weight excluding hydrogens is 851 g/mol. The van der Waals surface area contributed by atoms with Gasteiger partial charge in [-0.1, -0.05) is 124 Å². The first-order valence-corrected chi connectivity index (χ1v) is 18.0. The summed E-state index contributed by atoms with van der Waals surface area (Å²) in [5, 5.41) is 1.09. The molecule has 0 atom stereocenters. The smallest absolute Gasteiger partial charge is 0.153 e. The van der Waals surface area contributed by atoms with Gasteiger partial charge in [-0.3, -0.25) is 4.98 Å². The maximum atomic E-state index is 6.18. The Morgan fingerprint density at radius 2 is 1.22 bits per heavy atom. The number of rotatable bonds is 6. The molecule has 55 heavy (non-hydrogen) atoms. The van der Waals surface area contributed by atoms with E-state index >= 15 is 0 Å². The second-order valence-corrected chi connectivity index (χ2v) is 13.3. The molecule has 9 rings (SSSR count). The third-order valence-corrected chi connectivity index (χ3v) is 9.51. The van der Waals surface area contributed by atoms with Crippen molar-refractivity contribution in [1.82, 2.24) is 15.0 Å². The maximum Gasteiger partial charge on any atom is 0.153 e. The van der Waals surface area contributed by atoms with Crippen molar-refractivity contribution in [2.24, 2.45) is 0 Å². The molecule has 0 spiro atoms. The van der Waals surface area contributed by atoms with Crippen LogP contribution in [-0.2, 0) is 20.1 Å². The van der Waals surface area contributed by atoms with Crippen molar-refractivity contribution < 1.29 is 24.5 Å². The molecule has 4 heterocycles. The van der Waals surface area contributed by atoms with Gasteiger partial charge in [0.2, 0.25) is 0 Å². The predicted octanol–water partition coefficient (Wildman–Crippen LogP) is 12.8. The van der Waals surface area contributed by atoms with Crippen LogP contribution in [0.2, 0.25) is 0 Å². The van der Waals surface area contributed by atoms with Gasteiger partial charge in [-0.25, -0.2) is 0 Å². The topological polar surface area (TPSA) is 51.8 Å². The normalized spacial score (nSPS) is 10.7. The Bertz CT molecular complexity index is 2630. The maximum absolute atomic E-state index is 6.18. The van der Waals surface area contributed by atoms with Crippen LogP contribution in [0, 0.1) is 32.9 Å². The fraction of sp³-hybridized carbons (Fsp3) is 0.0600. The summed E-state index contributed by atoms with van der Waals surface area (Å²) in [5.74, 6) is 0.774. The van der Waals surface area contributed by atoms with E-state index in [4.69, 9.17) is 4.42 Å². The van der Waals surface area contributed by atoms with E-state index in [0.717, 1.165) is 67.2 Å². The predicted molar refractivity (Wildman–Crippen MR) is 221 cm³/mol. The fourth-order valence-corrected chi connectivity index (χ4v) is 6.79. The minimum absolute atomic E-state index is 0. The zero-order valence-corrected chi connectivity index (χ0v) is 33.1. The number of aromatic nitrogens is 3. The molecule has 0 saturated carbocycles. The van der Waals surface area contributed by atoms with Crippen LogP contribution >= 0.6 is 0 Å². The second kappa shape index (κ2) is 16.8. The van der Waals surface area contributed by atoms with Gasteiger partial charge in [-0.2, -0.15) is 0 Å². The molecule has 1 radical (unpaired) electrons. The molecule has 4 aromatic heterocycles. The SMILES string of the molecule is Cc1cccc(-c2c[c-]c(-c3cc(C)ccn3)cc2-c2ccc3oc(-c4ccccn4)cc3c2C)c1.[Ir].[c-]1cccc(-c2ccccc2)c1-c1ccccn1. The van der Waals surface area contributed by atoms with Crippen molar-refractivity contribution in [3.8, 4) is 67.3 Å². The van der Waals surface area contributed by atoms with Crippen LogP contribution in [0.1, 0.15) is 16.7 Å². The Kier molecular flexibility index (Phi) is 11.3. The molecule has 5 heteroatoms. The van der Waals surface area contributed by atoms with Crippen molar-refractivity contribution >= 4 is 11.0 Å². The summed E-state index contributed by atoms with van der Waals surface area (Å²) in [7, 11) is 0. The van der Waals surface area contributed by atoms with Crippen LogP contribution in [0.25, 0.3) is 78.3 Å². The van der Waals surface area contributed by atoms with E-state index in [9.17, 15) is 0 Å². The third-order valence-electron chi connectivity index (χ3n) is 9.51. The Balaban J connectivity index is 0.000000206. The minimum Gasteiger partial charge on any atom is -0.454 e. The quantitative estimate of drug-likeness (QED) is 0.156. The summed E-state index contributed by atoms with van der Waals surface area (Å²) in [4.78, 5) is 13.5. The first kappa shape index (κ1) is 37.1. The number of fused-ring (bicyclic) bond motifs is 1. The molecule has 4 nitrogen and oxygen atoms in total. The number of hydrogen-bond acceptors (Lipinski definition) is 4. The number of nitrogens with zero attached hydrogens (tertiary/aromatic N) is 3. The zero-order chi connectivity index (χ0) is 36.9. The molecule has 9 aromatic rings. The summed E-state index contributed by atoms with van der Waals surface area (Å²) in [5.41, 5.74) is 16.1. The number of pyridine rings is 3. The summed E-state index contributed by atoms with van der Waals surface area (Å²) >= 11 is 0. The average molecular weight is 888 g/mol. The van der Waals surface area contributed by atoms with Gasteiger partial charge in [0.1, 0.15) is 11.3 Å².